The van der Waals surface area contributed by atoms with E-state index >= 15 is 0 Å². The van der Waals surface area contributed by atoms with Gasteiger partial charge in [0.2, 0.25) is 0 Å². The Kier molecular flexibility index (Phi) is 4.04. The number of hydrogen-bond donors (Lipinski definition) is 1. The van der Waals surface area contributed by atoms with Crippen LogP contribution in [0.5, 0.6) is 0 Å². The molecule has 0 bridgehead atoms. The molecule has 0 aromatic carbocycles. The van der Waals surface area contributed by atoms with E-state index in [1.807, 2.05) is 25.1 Å². The third kappa shape index (κ3) is 2.92. The third-order valence-electron chi connectivity index (χ3n) is 2.48. The van der Waals surface area contributed by atoms with Gasteiger partial charge in [0, 0.05) is 12.4 Å². The van der Waals surface area contributed by atoms with Crippen molar-refractivity contribution in [1.29, 1.82) is 0 Å². The molecule has 0 aliphatic rings. The van der Waals surface area contributed by atoms with Gasteiger partial charge in [-0.3, -0.25) is 9.78 Å². The molecule has 0 aliphatic heterocycles. The van der Waals surface area contributed by atoms with E-state index in [9.17, 15) is 4.79 Å². The molecule has 0 spiro atoms. The van der Waals surface area contributed by atoms with E-state index in [0.717, 1.165) is 5.69 Å². The number of nitrogens with one attached hydrogen (secondary N) is 1. The van der Waals surface area contributed by atoms with Crippen LogP contribution in [0, 0.1) is 0 Å². The van der Waals surface area contributed by atoms with Gasteiger partial charge in [-0.2, -0.15) is 0 Å². The average molecular weight is 306 g/mol. The second-order valence-electron chi connectivity index (χ2n) is 3.79. The molecule has 2 heterocycles. The molecule has 0 saturated carbocycles. The van der Waals surface area contributed by atoms with Crippen LogP contribution in [0.4, 0.5) is 0 Å². The monoisotopic (exact) mass is 305 g/mol. The highest BCUT2D eigenvalue weighted by molar-refractivity contribution is 9.10. The lowest BCUT2D eigenvalue weighted by Crippen LogP contribution is -2.27. The summed E-state index contributed by atoms with van der Waals surface area (Å²) in [6, 6.07) is 8.91. The molecule has 92 valence electrons. The Morgan fingerprint density at radius 3 is 2.67 bits per heavy atom. The third-order valence-corrected chi connectivity index (χ3v) is 3.11. The largest absolute Gasteiger partial charge is 0.344 e. The minimum atomic E-state index is -0.173. The minimum Gasteiger partial charge on any atom is -0.344 e. The predicted octanol–water partition coefficient (Wildman–Crippen LogP) is 2.73. The van der Waals surface area contributed by atoms with Gasteiger partial charge in [-0.1, -0.05) is 6.07 Å². The molecule has 18 heavy (non-hydrogen) atoms. The summed E-state index contributed by atoms with van der Waals surface area (Å²) in [5.74, 6) is -0.173. The van der Waals surface area contributed by atoms with Crippen LogP contribution in [0.25, 0.3) is 0 Å². The molecule has 0 fully saturated rings. The summed E-state index contributed by atoms with van der Waals surface area (Å²) < 4.78 is 0.538. The van der Waals surface area contributed by atoms with E-state index in [4.69, 9.17) is 0 Å². The fourth-order valence-electron chi connectivity index (χ4n) is 1.54. The van der Waals surface area contributed by atoms with Crippen LogP contribution in [0.1, 0.15) is 29.0 Å². The Morgan fingerprint density at radius 2 is 2.00 bits per heavy atom. The van der Waals surface area contributed by atoms with Gasteiger partial charge in [0.1, 0.15) is 4.60 Å². The van der Waals surface area contributed by atoms with E-state index in [-0.39, 0.29) is 11.9 Å². The number of carbonyl (C=O) groups excluding carboxylic acids is 1. The number of aromatic nitrogens is 2. The first-order valence-corrected chi connectivity index (χ1v) is 6.30. The van der Waals surface area contributed by atoms with Gasteiger partial charge in [-0.05, 0) is 47.1 Å². The molecule has 2 rings (SSSR count). The van der Waals surface area contributed by atoms with Crippen molar-refractivity contribution in [2.45, 2.75) is 13.0 Å². The summed E-state index contributed by atoms with van der Waals surface area (Å²) in [7, 11) is 0. The summed E-state index contributed by atoms with van der Waals surface area (Å²) in [4.78, 5) is 20.3. The summed E-state index contributed by atoms with van der Waals surface area (Å²) in [5, 5.41) is 2.88. The Hall–Kier alpha value is -1.75. The molecule has 2 aromatic rings. The quantitative estimate of drug-likeness (QED) is 0.887. The van der Waals surface area contributed by atoms with Gasteiger partial charge in [-0.25, -0.2) is 4.98 Å². The molecule has 1 amide bonds. The molecule has 4 nitrogen and oxygen atoms in total. The lowest BCUT2D eigenvalue weighted by molar-refractivity contribution is 0.0938. The standard InChI is InChI=1S/C13H12BrN3O/c1-9(11-6-2-3-7-15-11)17-13(18)10-5-4-8-16-12(10)14/h2-9H,1H3,(H,17,18). The summed E-state index contributed by atoms with van der Waals surface area (Å²) >= 11 is 3.26. The van der Waals surface area contributed by atoms with Crippen LogP contribution < -0.4 is 5.32 Å². The predicted molar refractivity (Wildman–Crippen MR) is 72.1 cm³/mol. The Morgan fingerprint density at radius 1 is 1.22 bits per heavy atom. The smallest absolute Gasteiger partial charge is 0.254 e. The van der Waals surface area contributed by atoms with Gasteiger partial charge < -0.3 is 5.32 Å². The number of nitrogens with zero attached hydrogens (tertiary/aromatic N) is 2. The number of carbonyl (C=O) groups is 1. The Bertz CT molecular complexity index is 545. The van der Waals surface area contributed by atoms with E-state index in [2.05, 4.69) is 31.2 Å². The van der Waals surface area contributed by atoms with Crippen LogP contribution in [0.2, 0.25) is 0 Å². The maximum Gasteiger partial charge on any atom is 0.254 e. The van der Waals surface area contributed by atoms with Gasteiger partial charge in [0.05, 0.1) is 17.3 Å². The van der Waals surface area contributed by atoms with E-state index in [1.54, 1.807) is 24.5 Å². The zero-order valence-corrected chi connectivity index (χ0v) is 11.4. The SMILES string of the molecule is CC(NC(=O)c1cccnc1Br)c1ccccn1. The second kappa shape index (κ2) is 5.73. The lowest BCUT2D eigenvalue weighted by atomic mass is 10.2. The fraction of sp³-hybridized carbons (Fsp3) is 0.154. The number of pyridine rings is 2. The lowest BCUT2D eigenvalue weighted by Gasteiger charge is -2.13. The maximum atomic E-state index is 12.0. The molecule has 0 radical (unpaired) electrons. The van der Waals surface area contributed by atoms with Gasteiger partial charge in [0.25, 0.3) is 5.91 Å². The number of halogens is 1. The molecule has 0 aliphatic carbocycles. The van der Waals surface area contributed by atoms with Gasteiger partial charge >= 0.3 is 0 Å². The van der Waals surface area contributed by atoms with E-state index in [1.165, 1.54) is 0 Å². The molecule has 2 aromatic heterocycles. The fourth-order valence-corrected chi connectivity index (χ4v) is 1.97. The topological polar surface area (TPSA) is 54.9 Å². The molecular weight excluding hydrogens is 294 g/mol. The normalized spacial score (nSPS) is 11.9. The maximum absolute atomic E-state index is 12.0. The molecule has 1 N–H and O–H groups in total. The number of amides is 1. The summed E-state index contributed by atoms with van der Waals surface area (Å²) in [6.07, 6.45) is 3.33. The van der Waals surface area contributed by atoms with Crippen LogP contribution in [-0.2, 0) is 0 Å². The van der Waals surface area contributed by atoms with Crippen molar-refractivity contribution in [1.82, 2.24) is 15.3 Å². The molecule has 1 atom stereocenters. The molecule has 1 unspecified atom stereocenters. The van der Waals surface area contributed by atoms with Crippen LogP contribution in [-0.4, -0.2) is 15.9 Å². The van der Waals surface area contributed by atoms with Crippen LogP contribution in [0.3, 0.4) is 0 Å². The average Bonchev–Trinajstić information content (AvgIpc) is 2.40. The minimum absolute atomic E-state index is 0.147. The van der Waals surface area contributed by atoms with Crippen LogP contribution in [0.15, 0.2) is 47.3 Å². The van der Waals surface area contributed by atoms with Crippen molar-refractivity contribution in [3.63, 3.8) is 0 Å². The zero-order valence-electron chi connectivity index (χ0n) is 9.80. The van der Waals surface area contributed by atoms with Crippen molar-refractivity contribution < 1.29 is 4.79 Å². The highest BCUT2D eigenvalue weighted by Gasteiger charge is 2.14. The molecule has 5 heteroatoms. The highest BCUT2D eigenvalue weighted by atomic mass is 79.9. The van der Waals surface area contributed by atoms with E-state index < -0.39 is 0 Å². The van der Waals surface area contributed by atoms with Crippen molar-refractivity contribution in [2.24, 2.45) is 0 Å². The molecule has 0 saturated heterocycles. The van der Waals surface area contributed by atoms with Crippen molar-refractivity contribution in [3.05, 3.63) is 58.6 Å². The Labute approximate surface area is 114 Å². The summed E-state index contributed by atoms with van der Waals surface area (Å²) in [6.45, 7) is 1.89. The van der Waals surface area contributed by atoms with Crippen LogP contribution >= 0.6 is 15.9 Å². The van der Waals surface area contributed by atoms with Crippen molar-refractivity contribution in [2.75, 3.05) is 0 Å². The first-order chi connectivity index (χ1) is 8.68. The summed E-state index contributed by atoms with van der Waals surface area (Å²) in [5.41, 5.74) is 1.34. The second-order valence-corrected chi connectivity index (χ2v) is 4.54. The zero-order chi connectivity index (χ0) is 13.0. The van der Waals surface area contributed by atoms with Gasteiger partial charge in [-0.15, -0.1) is 0 Å². The Balaban J connectivity index is 2.11. The van der Waals surface area contributed by atoms with Crippen molar-refractivity contribution in [3.8, 4) is 0 Å². The van der Waals surface area contributed by atoms with E-state index in [0.29, 0.717) is 10.2 Å². The first kappa shape index (κ1) is 12.7. The number of rotatable bonds is 3. The highest BCUT2D eigenvalue weighted by Crippen LogP contribution is 2.14. The van der Waals surface area contributed by atoms with Gasteiger partial charge in [0.15, 0.2) is 0 Å². The number of hydrogen-bond acceptors (Lipinski definition) is 3. The van der Waals surface area contributed by atoms with Crippen molar-refractivity contribution >= 4 is 21.8 Å². The molecular formula is C13H12BrN3O. The first-order valence-electron chi connectivity index (χ1n) is 5.51.